The van der Waals surface area contributed by atoms with E-state index >= 15 is 0 Å². The Labute approximate surface area is 254 Å². The van der Waals surface area contributed by atoms with E-state index in [0.717, 1.165) is 42.0 Å². The number of nitrogens with one attached hydrogen (secondary N) is 1. The second-order valence-electron chi connectivity index (χ2n) is 10.7. The fraction of sp³-hybridized carbons (Fsp3) is 0.394. The Bertz CT molecular complexity index is 1460. The summed E-state index contributed by atoms with van der Waals surface area (Å²) >= 11 is 0. The third-order valence-electron chi connectivity index (χ3n) is 7.80. The lowest BCUT2D eigenvalue weighted by molar-refractivity contribution is -0.140. The number of carbonyl (C=O) groups is 2. The van der Waals surface area contributed by atoms with E-state index in [1.54, 1.807) is 55.6 Å². The summed E-state index contributed by atoms with van der Waals surface area (Å²) in [6, 6.07) is 21.1. The van der Waals surface area contributed by atoms with Crippen LogP contribution in [0.3, 0.4) is 0 Å². The van der Waals surface area contributed by atoms with Crippen molar-refractivity contribution in [3.8, 4) is 11.5 Å². The lowest BCUT2D eigenvalue weighted by Gasteiger charge is -2.34. The maximum absolute atomic E-state index is 14.2. The molecule has 2 amide bonds. The molecule has 230 valence electrons. The monoisotopic (exact) mass is 607 g/mol. The molecule has 4 rings (SSSR count). The second kappa shape index (κ2) is 14.9. The predicted molar refractivity (Wildman–Crippen MR) is 167 cm³/mol. The van der Waals surface area contributed by atoms with Crippen molar-refractivity contribution in [3.63, 3.8) is 0 Å². The molecule has 0 aromatic heterocycles. The van der Waals surface area contributed by atoms with Gasteiger partial charge in [0.25, 0.3) is 10.0 Å². The maximum Gasteiger partial charge on any atom is 0.264 e. The molecule has 0 radical (unpaired) electrons. The van der Waals surface area contributed by atoms with E-state index in [4.69, 9.17) is 9.47 Å². The third kappa shape index (κ3) is 8.07. The second-order valence-corrected chi connectivity index (χ2v) is 12.5. The molecule has 0 heterocycles. The van der Waals surface area contributed by atoms with E-state index in [1.807, 2.05) is 25.1 Å². The van der Waals surface area contributed by atoms with Crippen molar-refractivity contribution in [2.75, 3.05) is 25.1 Å². The summed E-state index contributed by atoms with van der Waals surface area (Å²) in [5.74, 6) is 0.419. The molecule has 9 nitrogen and oxygen atoms in total. The Kier molecular flexibility index (Phi) is 11.1. The molecule has 10 heteroatoms. The van der Waals surface area contributed by atoms with Gasteiger partial charge in [0.1, 0.15) is 24.1 Å². The van der Waals surface area contributed by atoms with Gasteiger partial charge in [-0.15, -0.1) is 0 Å². The van der Waals surface area contributed by atoms with E-state index < -0.39 is 28.5 Å². The van der Waals surface area contributed by atoms with Crippen molar-refractivity contribution in [1.82, 2.24) is 10.2 Å². The third-order valence-corrected chi connectivity index (χ3v) is 9.58. The molecule has 1 aliphatic carbocycles. The van der Waals surface area contributed by atoms with Gasteiger partial charge in [-0.05, 0) is 73.4 Å². The van der Waals surface area contributed by atoms with Crippen LogP contribution in [0.5, 0.6) is 11.5 Å². The molecule has 43 heavy (non-hydrogen) atoms. The number of ether oxygens (including phenoxy) is 2. The van der Waals surface area contributed by atoms with Crippen molar-refractivity contribution in [2.45, 2.75) is 69.0 Å². The van der Waals surface area contributed by atoms with Crippen LogP contribution < -0.4 is 19.1 Å². The zero-order chi connectivity index (χ0) is 30.8. The van der Waals surface area contributed by atoms with Gasteiger partial charge >= 0.3 is 0 Å². The Hall–Kier alpha value is -4.05. The number of hydrogen-bond acceptors (Lipinski definition) is 6. The molecular formula is C33H41N3O6S. The van der Waals surface area contributed by atoms with Crippen LogP contribution in [0.4, 0.5) is 5.69 Å². The number of para-hydroxylation sites is 1. The standard InChI is InChI=1S/C33H41N3O6S/c1-4-31(33(38)34-26-13-7-5-8-14-26)35(23-25-12-11-17-29(22-25)42-3)32(37)24-36(27-15-9-6-10-16-27)43(39,40)30-20-18-28(41-2)19-21-30/h6,9-12,15-22,26,31H,4-5,7-8,13-14,23-24H2,1-3H3,(H,34,38)/t31-/m0/s1. The number of anilines is 1. The minimum Gasteiger partial charge on any atom is -0.497 e. The number of amides is 2. The van der Waals surface area contributed by atoms with Gasteiger partial charge in [-0.2, -0.15) is 0 Å². The number of hydrogen-bond donors (Lipinski definition) is 1. The first-order valence-corrected chi connectivity index (χ1v) is 16.2. The van der Waals surface area contributed by atoms with E-state index in [9.17, 15) is 18.0 Å². The van der Waals surface area contributed by atoms with Crippen molar-refractivity contribution in [3.05, 3.63) is 84.4 Å². The maximum atomic E-state index is 14.2. The van der Waals surface area contributed by atoms with Gasteiger partial charge < -0.3 is 19.7 Å². The van der Waals surface area contributed by atoms with E-state index in [-0.39, 0.29) is 23.4 Å². The summed E-state index contributed by atoms with van der Waals surface area (Å²) < 4.78 is 39.7. The quantitative estimate of drug-likeness (QED) is 0.288. The predicted octanol–water partition coefficient (Wildman–Crippen LogP) is 5.16. The van der Waals surface area contributed by atoms with Gasteiger partial charge in [0.05, 0.1) is 24.8 Å². The number of rotatable bonds is 13. The van der Waals surface area contributed by atoms with Gasteiger partial charge in [-0.1, -0.05) is 56.5 Å². The summed E-state index contributed by atoms with van der Waals surface area (Å²) in [6.45, 7) is 1.48. The highest BCUT2D eigenvalue weighted by Crippen LogP contribution is 2.26. The average molecular weight is 608 g/mol. The normalized spacial score (nSPS) is 14.4. The Morgan fingerprint density at radius 1 is 0.884 bits per heavy atom. The number of benzene rings is 3. The smallest absolute Gasteiger partial charge is 0.264 e. The van der Waals surface area contributed by atoms with E-state index in [1.165, 1.54) is 24.1 Å². The molecule has 0 unspecified atom stereocenters. The molecule has 1 atom stereocenters. The Balaban J connectivity index is 1.69. The zero-order valence-corrected chi connectivity index (χ0v) is 25.9. The minimum absolute atomic E-state index is 0.0198. The van der Waals surface area contributed by atoms with Gasteiger partial charge in [-0.25, -0.2) is 8.42 Å². The summed E-state index contributed by atoms with van der Waals surface area (Å²) in [7, 11) is -1.09. The van der Waals surface area contributed by atoms with Crippen LogP contribution in [0, 0.1) is 0 Å². The molecule has 0 spiro atoms. The largest absolute Gasteiger partial charge is 0.497 e. The van der Waals surface area contributed by atoms with E-state index in [2.05, 4.69) is 5.32 Å². The van der Waals surface area contributed by atoms with Crippen LogP contribution in [0.2, 0.25) is 0 Å². The van der Waals surface area contributed by atoms with Crippen molar-refractivity contribution in [2.24, 2.45) is 0 Å². The van der Waals surface area contributed by atoms with Gasteiger partial charge in [0.2, 0.25) is 11.8 Å². The zero-order valence-electron chi connectivity index (χ0n) is 25.1. The van der Waals surface area contributed by atoms with Gasteiger partial charge in [0.15, 0.2) is 0 Å². The minimum atomic E-state index is -4.16. The van der Waals surface area contributed by atoms with Crippen LogP contribution in [0.25, 0.3) is 0 Å². The number of nitrogens with zero attached hydrogens (tertiary/aromatic N) is 2. The summed E-state index contributed by atoms with van der Waals surface area (Å²) in [6.07, 6.45) is 5.46. The van der Waals surface area contributed by atoms with Crippen LogP contribution in [-0.4, -0.2) is 58.0 Å². The van der Waals surface area contributed by atoms with Crippen molar-refractivity contribution < 1.29 is 27.5 Å². The first-order chi connectivity index (χ1) is 20.8. The highest BCUT2D eigenvalue weighted by atomic mass is 32.2. The van der Waals surface area contributed by atoms with E-state index in [0.29, 0.717) is 23.6 Å². The van der Waals surface area contributed by atoms with Gasteiger partial charge in [0, 0.05) is 12.6 Å². The Morgan fingerprint density at radius 3 is 2.19 bits per heavy atom. The van der Waals surface area contributed by atoms with Crippen molar-refractivity contribution >= 4 is 27.5 Å². The van der Waals surface area contributed by atoms with Crippen LogP contribution in [-0.2, 0) is 26.2 Å². The highest BCUT2D eigenvalue weighted by molar-refractivity contribution is 7.92. The van der Waals surface area contributed by atoms with Crippen LogP contribution in [0.1, 0.15) is 51.0 Å². The molecule has 1 fully saturated rings. The summed E-state index contributed by atoms with van der Waals surface area (Å²) in [4.78, 5) is 29.4. The molecule has 3 aromatic rings. The molecule has 3 aromatic carbocycles. The Morgan fingerprint density at radius 2 is 1.56 bits per heavy atom. The molecule has 0 saturated heterocycles. The first kappa shape index (κ1) is 31.9. The molecule has 0 aliphatic heterocycles. The highest BCUT2D eigenvalue weighted by Gasteiger charge is 2.34. The number of methoxy groups -OCH3 is 2. The lowest BCUT2D eigenvalue weighted by Crippen LogP contribution is -2.54. The fourth-order valence-electron chi connectivity index (χ4n) is 5.43. The number of carbonyl (C=O) groups excluding carboxylic acids is 2. The summed E-state index contributed by atoms with van der Waals surface area (Å²) in [5.41, 5.74) is 1.11. The number of sulfonamides is 1. The molecule has 1 aliphatic rings. The molecule has 1 saturated carbocycles. The topological polar surface area (TPSA) is 105 Å². The average Bonchev–Trinajstić information content (AvgIpc) is 3.04. The lowest BCUT2D eigenvalue weighted by atomic mass is 9.95. The SMILES string of the molecule is CC[C@@H](C(=O)NC1CCCCC1)N(Cc1cccc(OC)c1)C(=O)CN(c1ccccc1)S(=O)(=O)c1ccc(OC)cc1. The summed E-state index contributed by atoms with van der Waals surface area (Å²) in [5, 5.41) is 3.16. The first-order valence-electron chi connectivity index (χ1n) is 14.7. The molecule has 0 bridgehead atoms. The van der Waals surface area contributed by atoms with Crippen LogP contribution >= 0.6 is 0 Å². The van der Waals surface area contributed by atoms with Crippen molar-refractivity contribution in [1.29, 1.82) is 0 Å². The molecular weight excluding hydrogens is 566 g/mol. The fourth-order valence-corrected chi connectivity index (χ4v) is 6.84. The molecule has 1 N–H and O–H groups in total. The van der Waals surface area contributed by atoms with Gasteiger partial charge in [-0.3, -0.25) is 13.9 Å². The van der Waals surface area contributed by atoms with Crippen LogP contribution in [0.15, 0.2) is 83.8 Å².